The van der Waals surface area contributed by atoms with Crippen LogP contribution in [0.4, 0.5) is 0 Å². The maximum atomic E-state index is 6.31. The highest BCUT2D eigenvalue weighted by Gasteiger charge is 2.36. The van der Waals surface area contributed by atoms with Crippen LogP contribution in [0.3, 0.4) is 0 Å². The molecule has 0 amide bonds. The van der Waals surface area contributed by atoms with E-state index in [0.29, 0.717) is 0 Å². The molecule has 0 N–H and O–H groups in total. The summed E-state index contributed by atoms with van der Waals surface area (Å²) < 4.78 is 10.3. The van der Waals surface area contributed by atoms with Crippen molar-refractivity contribution in [3.8, 4) is 11.4 Å². The third-order valence-corrected chi connectivity index (χ3v) is 9.77. The fourth-order valence-corrected chi connectivity index (χ4v) is 3.66. The monoisotopic (exact) mass is 356 g/mol. The van der Waals surface area contributed by atoms with Gasteiger partial charge in [0.15, 0.2) is 14.1 Å². The Hall–Kier alpha value is -1.92. The van der Waals surface area contributed by atoms with Crippen molar-refractivity contribution in [3.05, 3.63) is 36.8 Å². The van der Waals surface area contributed by atoms with Crippen LogP contribution in [-0.4, -0.2) is 34.3 Å². The van der Waals surface area contributed by atoms with Crippen LogP contribution in [0.2, 0.25) is 18.1 Å². The van der Waals surface area contributed by atoms with E-state index in [1.165, 1.54) is 10.9 Å². The summed E-state index contributed by atoms with van der Waals surface area (Å²) in [6.45, 7) is 13.0. The Kier molecular flexibility index (Phi) is 4.59. The van der Waals surface area contributed by atoms with Gasteiger partial charge in [-0.05, 0) is 42.4 Å². The highest BCUT2D eigenvalue weighted by atomic mass is 28.4. The summed E-state index contributed by atoms with van der Waals surface area (Å²) in [7, 11) is 0.194. The predicted octanol–water partition coefficient (Wildman–Crippen LogP) is 4.46. The molecule has 3 rings (SSSR count). The topological polar surface area (TPSA) is 44.9 Å². The maximum absolute atomic E-state index is 6.31. The maximum Gasteiger partial charge on any atom is 0.192 e. The van der Waals surface area contributed by atoms with Crippen molar-refractivity contribution in [1.82, 2.24) is 19.3 Å². The zero-order valence-corrected chi connectivity index (χ0v) is 17.1. The number of hydrogen-bond donors (Lipinski definition) is 0. The van der Waals surface area contributed by atoms with Crippen molar-refractivity contribution in [2.24, 2.45) is 7.05 Å². The molecule has 0 radical (unpaired) electrons. The van der Waals surface area contributed by atoms with Crippen LogP contribution in [0.15, 0.2) is 36.8 Å². The van der Waals surface area contributed by atoms with Gasteiger partial charge >= 0.3 is 0 Å². The minimum absolute atomic E-state index is 0.246. The van der Waals surface area contributed by atoms with Gasteiger partial charge in [-0.1, -0.05) is 20.8 Å². The number of fused-ring (bicyclic) bond motifs is 1. The second-order valence-electron chi connectivity index (χ2n) is 8.13. The summed E-state index contributed by atoms with van der Waals surface area (Å²) in [5.74, 6) is 0.762. The average molecular weight is 357 g/mol. The van der Waals surface area contributed by atoms with E-state index in [1.807, 2.05) is 7.05 Å². The second-order valence-corrected chi connectivity index (χ2v) is 12.9. The van der Waals surface area contributed by atoms with Crippen molar-refractivity contribution < 1.29 is 4.43 Å². The molecule has 6 heteroatoms. The standard InChI is InChI=1S/C19H28N4OSi/c1-19(2,3)25(5,6)24-12-11-23-10-9-15-13-16(7-8-17(15)23)18-20-14-22(4)21-18/h7-10,13-14H,11-12H2,1-6H3. The predicted molar refractivity (Wildman–Crippen MR) is 105 cm³/mol. The van der Waals surface area contributed by atoms with Gasteiger partial charge < -0.3 is 8.99 Å². The zero-order chi connectivity index (χ0) is 18.2. The van der Waals surface area contributed by atoms with Crippen LogP contribution in [0.5, 0.6) is 0 Å². The van der Waals surface area contributed by atoms with Gasteiger partial charge in [0.05, 0.1) is 6.61 Å². The van der Waals surface area contributed by atoms with Crippen molar-refractivity contribution >= 4 is 19.2 Å². The summed E-state index contributed by atoms with van der Waals surface area (Å²) >= 11 is 0. The molecule has 0 aliphatic rings. The SMILES string of the molecule is Cn1cnc(-c2ccc3c(ccn3CCO[Si](C)(C)C(C)(C)C)c2)n1. The summed E-state index contributed by atoms with van der Waals surface area (Å²) in [6.07, 6.45) is 3.86. The van der Waals surface area contributed by atoms with E-state index in [9.17, 15) is 0 Å². The Labute approximate surface area is 150 Å². The summed E-state index contributed by atoms with van der Waals surface area (Å²) in [4.78, 5) is 4.33. The zero-order valence-electron chi connectivity index (χ0n) is 16.1. The lowest BCUT2D eigenvalue weighted by Gasteiger charge is -2.36. The minimum atomic E-state index is -1.69. The largest absolute Gasteiger partial charge is 0.415 e. The van der Waals surface area contributed by atoms with Crippen molar-refractivity contribution in [2.75, 3.05) is 6.61 Å². The van der Waals surface area contributed by atoms with Gasteiger partial charge in [-0.25, -0.2) is 4.98 Å². The van der Waals surface area contributed by atoms with Crippen LogP contribution in [0.25, 0.3) is 22.3 Å². The van der Waals surface area contributed by atoms with Crippen LogP contribution >= 0.6 is 0 Å². The van der Waals surface area contributed by atoms with Gasteiger partial charge in [0.2, 0.25) is 0 Å². The van der Waals surface area contributed by atoms with Crippen molar-refractivity contribution in [3.63, 3.8) is 0 Å². The summed E-state index contributed by atoms with van der Waals surface area (Å²) in [5, 5.41) is 5.83. The molecule has 25 heavy (non-hydrogen) atoms. The first kappa shape index (κ1) is 17.9. The first-order valence-electron chi connectivity index (χ1n) is 8.76. The Morgan fingerprint density at radius 1 is 1.16 bits per heavy atom. The fraction of sp³-hybridized carbons (Fsp3) is 0.474. The molecule has 0 aliphatic heterocycles. The lowest BCUT2D eigenvalue weighted by atomic mass is 10.1. The third-order valence-electron chi connectivity index (χ3n) is 5.23. The van der Waals surface area contributed by atoms with Gasteiger partial charge in [-0.2, -0.15) is 5.10 Å². The molecule has 0 atom stereocenters. The summed E-state index contributed by atoms with van der Waals surface area (Å²) in [6, 6.07) is 8.53. The molecule has 134 valence electrons. The highest BCUT2D eigenvalue weighted by molar-refractivity contribution is 6.74. The molecule has 0 fully saturated rings. The quantitative estimate of drug-likeness (QED) is 0.634. The molecule has 0 bridgehead atoms. The molecular formula is C19H28N4OSi. The number of benzene rings is 1. The van der Waals surface area contributed by atoms with Crippen LogP contribution < -0.4 is 0 Å². The molecule has 0 saturated carbocycles. The first-order chi connectivity index (χ1) is 11.7. The fourth-order valence-electron chi connectivity index (χ4n) is 2.62. The second kappa shape index (κ2) is 6.42. The molecule has 2 heterocycles. The van der Waals surface area contributed by atoms with E-state index < -0.39 is 8.32 Å². The molecule has 0 unspecified atom stereocenters. The molecule has 1 aromatic carbocycles. The number of nitrogens with zero attached hydrogens (tertiary/aromatic N) is 4. The lowest BCUT2D eigenvalue weighted by molar-refractivity contribution is 0.273. The molecule has 0 spiro atoms. The summed E-state index contributed by atoms with van der Waals surface area (Å²) in [5.41, 5.74) is 2.27. The van der Waals surface area contributed by atoms with Gasteiger partial charge in [0.1, 0.15) is 6.33 Å². The van der Waals surface area contributed by atoms with Crippen LogP contribution in [-0.2, 0) is 18.0 Å². The van der Waals surface area contributed by atoms with Gasteiger partial charge in [0, 0.05) is 36.3 Å². The van der Waals surface area contributed by atoms with E-state index in [2.05, 4.69) is 79.0 Å². The Morgan fingerprint density at radius 3 is 2.56 bits per heavy atom. The molecule has 0 aliphatic carbocycles. The smallest absolute Gasteiger partial charge is 0.192 e. The molecule has 2 aromatic heterocycles. The lowest BCUT2D eigenvalue weighted by Crippen LogP contribution is -2.41. The first-order valence-corrected chi connectivity index (χ1v) is 11.7. The molecule has 5 nitrogen and oxygen atoms in total. The van der Waals surface area contributed by atoms with Gasteiger partial charge in [-0.3, -0.25) is 4.68 Å². The Morgan fingerprint density at radius 2 is 1.92 bits per heavy atom. The normalized spacial score (nSPS) is 12.9. The Balaban J connectivity index is 1.73. The number of hydrogen-bond acceptors (Lipinski definition) is 3. The van der Waals surface area contributed by atoms with E-state index in [4.69, 9.17) is 4.43 Å². The van der Waals surface area contributed by atoms with E-state index in [0.717, 1.165) is 24.5 Å². The van der Waals surface area contributed by atoms with Crippen molar-refractivity contribution in [1.29, 1.82) is 0 Å². The molecule has 0 saturated heterocycles. The van der Waals surface area contributed by atoms with Crippen LogP contribution in [0, 0.1) is 0 Å². The van der Waals surface area contributed by atoms with E-state index >= 15 is 0 Å². The van der Waals surface area contributed by atoms with Gasteiger partial charge in [-0.15, -0.1) is 0 Å². The third kappa shape index (κ3) is 3.69. The molecule has 3 aromatic rings. The molecular weight excluding hydrogens is 328 g/mol. The highest BCUT2D eigenvalue weighted by Crippen LogP contribution is 2.36. The van der Waals surface area contributed by atoms with Gasteiger partial charge in [0.25, 0.3) is 0 Å². The minimum Gasteiger partial charge on any atom is -0.415 e. The Bertz CT molecular complexity index is 873. The number of aryl methyl sites for hydroxylation is 1. The van der Waals surface area contributed by atoms with E-state index in [1.54, 1.807) is 11.0 Å². The van der Waals surface area contributed by atoms with E-state index in [-0.39, 0.29) is 5.04 Å². The number of aromatic nitrogens is 4. The average Bonchev–Trinajstić information content (AvgIpc) is 3.12. The number of rotatable bonds is 5. The van der Waals surface area contributed by atoms with Crippen molar-refractivity contribution in [2.45, 2.75) is 45.4 Å². The van der Waals surface area contributed by atoms with Crippen LogP contribution in [0.1, 0.15) is 20.8 Å².